The molecule has 0 fully saturated rings. The Morgan fingerprint density at radius 3 is 2.70 bits per heavy atom. The number of nitro groups is 1. The van der Waals surface area contributed by atoms with Crippen molar-refractivity contribution >= 4 is 72.1 Å². The highest BCUT2D eigenvalue weighted by atomic mass is 35.7. The van der Waals surface area contributed by atoms with Crippen molar-refractivity contribution in [3.63, 3.8) is 0 Å². The zero-order chi connectivity index (χ0) is 28.2. The van der Waals surface area contributed by atoms with E-state index >= 15 is 0 Å². The summed E-state index contributed by atoms with van der Waals surface area (Å²) in [5.41, 5.74) is 8.71. The molecule has 0 unspecified atom stereocenters. The van der Waals surface area contributed by atoms with E-state index in [9.17, 15) is 28.1 Å². The normalized spacial score (nSPS) is 12.1. The number of benzene rings is 2. The zero-order valence-corrected chi connectivity index (χ0v) is 22.7. The minimum Gasteiger partial charge on any atom is -0.482 e. The molecule has 2 amide bonds. The molecule has 2 aromatic heterocycles. The van der Waals surface area contributed by atoms with E-state index in [1.807, 2.05) is 6.07 Å². The van der Waals surface area contributed by atoms with Crippen molar-refractivity contribution < 1.29 is 27.7 Å². The molecule has 210 valence electrons. The molecule has 0 atom stereocenters. The minimum absolute atomic E-state index is 0. The standard InChI is InChI=1S/C16H14N6O3.C7H6ClNO4S.ClH/c17-9-5-18-14-13(9)20-7-21-15(14)16(24)19-4-8-1-2-11-10(3-8)22-12(23)6-25-11;8-14(12,13)5-6-3-1-2-4-7(6)9(10)11;/h1-3,5,7,18H,4,6,17H2,(H,19,24)(H,22,23);1-4H,5H2;1H. The summed E-state index contributed by atoms with van der Waals surface area (Å²) in [6.07, 6.45) is 2.87. The molecule has 0 saturated heterocycles. The Labute approximate surface area is 237 Å². The third-order valence-corrected chi connectivity index (χ3v) is 6.34. The lowest BCUT2D eigenvalue weighted by molar-refractivity contribution is -0.385. The number of ether oxygens (including phenoxy) is 1. The molecule has 3 heterocycles. The molecule has 1 aliphatic heterocycles. The summed E-state index contributed by atoms with van der Waals surface area (Å²) in [5, 5.41) is 16.0. The van der Waals surface area contributed by atoms with Crippen molar-refractivity contribution in [2.24, 2.45) is 0 Å². The van der Waals surface area contributed by atoms with Crippen LogP contribution in [0, 0.1) is 10.1 Å². The van der Waals surface area contributed by atoms with Gasteiger partial charge in [0.2, 0.25) is 9.05 Å². The SMILES string of the molecule is Cl.Nc1c[nH]c2c(C(=O)NCc3ccc4c(c3)NC(=O)CO4)ncnc12.O=[N+]([O-])c1ccccc1CS(=O)(=O)Cl. The van der Waals surface area contributed by atoms with Crippen LogP contribution in [0.25, 0.3) is 11.0 Å². The van der Waals surface area contributed by atoms with Crippen molar-refractivity contribution in [3.05, 3.63) is 81.9 Å². The van der Waals surface area contributed by atoms with Gasteiger partial charge in [-0.2, -0.15) is 0 Å². The van der Waals surface area contributed by atoms with Gasteiger partial charge in [-0.3, -0.25) is 19.7 Å². The Morgan fingerprint density at radius 2 is 1.98 bits per heavy atom. The number of aromatic nitrogens is 3. The second-order valence-electron chi connectivity index (χ2n) is 8.11. The Hall–Kier alpha value is -4.47. The molecule has 2 aromatic carbocycles. The van der Waals surface area contributed by atoms with Gasteiger partial charge in [-0.15, -0.1) is 12.4 Å². The molecule has 4 aromatic rings. The van der Waals surface area contributed by atoms with E-state index in [0.29, 0.717) is 28.2 Å². The predicted molar refractivity (Wildman–Crippen MR) is 149 cm³/mol. The van der Waals surface area contributed by atoms with Crippen LogP contribution in [0.4, 0.5) is 17.1 Å². The lowest BCUT2D eigenvalue weighted by Crippen LogP contribution is -2.26. The maximum absolute atomic E-state index is 12.4. The summed E-state index contributed by atoms with van der Waals surface area (Å²) in [7, 11) is 1.23. The molecular weight excluding hydrogens is 589 g/mol. The fraction of sp³-hybridized carbons (Fsp3) is 0.130. The lowest BCUT2D eigenvalue weighted by atomic mass is 10.1. The average molecular weight is 610 g/mol. The van der Waals surface area contributed by atoms with Crippen LogP contribution in [-0.4, -0.2) is 46.7 Å². The summed E-state index contributed by atoms with van der Waals surface area (Å²) >= 11 is 0. The van der Waals surface area contributed by atoms with Gasteiger partial charge < -0.3 is 26.1 Å². The first kappa shape index (κ1) is 30.1. The van der Waals surface area contributed by atoms with Crippen LogP contribution in [0.1, 0.15) is 21.6 Å². The number of amides is 2. The number of anilines is 2. The molecule has 5 N–H and O–H groups in total. The summed E-state index contributed by atoms with van der Waals surface area (Å²) < 4.78 is 26.7. The van der Waals surface area contributed by atoms with Crippen molar-refractivity contribution in [1.29, 1.82) is 0 Å². The largest absolute Gasteiger partial charge is 0.482 e. The van der Waals surface area contributed by atoms with Crippen LogP contribution in [0.15, 0.2) is 55.0 Å². The zero-order valence-electron chi connectivity index (χ0n) is 20.3. The van der Waals surface area contributed by atoms with Crippen LogP contribution in [-0.2, 0) is 26.1 Å². The van der Waals surface area contributed by atoms with Gasteiger partial charge in [-0.05, 0) is 17.7 Å². The minimum atomic E-state index is -3.77. The van der Waals surface area contributed by atoms with E-state index in [4.69, 9.17) is 21.2 Å². The number of rotatable bonds is 6. The molecule has 5 rings (SSSR count). The molecule has 0 bridgehead atoms. The maximum Gasteiger partial charge on any atom is 0.273 e. The first-order valence-electron chi connectivity index (χ1n) is 11.1. The van der Waals surface area contributed by atoms with E-state index in [2.05, 4.69) is 25.6 Å². The highest BCUT2D eigenvalue weighted by Crippen LogP contribution is 2.28. The number of nitrogen functional groups attached to an aromatic ring is 1. The smallest absolute Gasteiger partial charge is 0.273 e. The summed E-state index contributed by atoms with van der Waals surface area (Å²) in [6, 6.07) is 10.9. The monoisotopic (exact) mass is 609 g/mol. The van der Waals surface area contributed by atoms with E-state index in [-0.39, 0.29) is 54.3 Å². The van der Waals surface area contributed by atoms with Gasteiger partial charge in [0.1, 0.15) is 17.6 Å². The second-order valence-corrected chi connectivity index (χ2v) is 10.9. The van der Waals surface area contributed by atoms with Gasteiger partial charge in [-0.25, -0.2) is 18.4 Å². The third-order valence-electron chi connectivity index (χ3n) is 5.35. The topological polar surface area (TPSA) is 212 Å². The first-order chi connectivity index (χ1) is 18.5. The molecule has 14 nitrogen and oxygen atoms in total. The highest BCUT2D eigenvalue weighted by Gasteiger charge is 2.19. The fourth-order valence-corrected chi connectivity index (χ4v) is 4.60. The van der Waals surface area contributed by atoms with Crippen molar-refractivity contribution in [1.82, 2.24) is 20.3 Å². The van der Waals surface area contributed by atoms with Gasteiger partial charge in [0.15, 0.2) is 12.3 Å². The predicted octanol–water partition coefficient (Wildman–Crippen LogP) is 2.89. The van der Waals surface area contributed by atoms with Crippen molar-refractivity contribution in [3.8, 4) is 5.75 Å². The number of nitrogens with one attached hydrogen (secondary N) is 3. The number of nitrogens with zero attached hydrogens (tertiary/aromatic N) is 3. The number of hydrogen-bond acceptors (Lipinski definition) is 10. The average Bonchev–Trinajstić information content (AvgIpc) is 3.27. The van der Waals surface area contributed by atoms with Crippen LogP contribution in [0.5, 0.6) is 5.75 Å². The highest BCUT2D eigenvalue weighted by molar-refractivity contribution is 8.13. The number of carbonyl (C=O) groups excluding carboxylic acids is 2. The quantitative estimate of drug-likeness (QED) is 0.142. The fourth-order valence-electron chi connectivity index (χ4n) is 3.63. The molecule has 17 heteroatoms. The number of carbonyl (C=O) groups is 2. The molecule has 40 heavy (non-hydrogen) atoms. The molecule has 0 radical (unpaired) electrons. The lowest BCUT2D eigenvalue weighted by Gasteiger charge is -2.18. The Bertz CT molecular complexity index is 1700. The van der Waals surface area contributed by atoms with E-state index in [1.54, 1.807) is 18.3 Å². The van der Waals surface area contributed by atoms with Crippen LogP contribution >= 0.6 is 23.1 Å². The van der Waals surface area contributed by atoms with Gasteiger partial charge in [0.25, 0.3) is 17.5 Å². The van der Waals surface area contributed by atoms with E-state index in [1.165, 1.54) is 30.6 Å². The van der Waals surface area contributed by atoms with Crippen LogP contribution in [0.3, 0.4) is 0 Å². The van der Waals surface area contributed by atoms with E-state index in [0.717, 1.165) is 5.56 Å². The number of para-hydroxylation sites is 1. The van der Waals surface area contributed by atoms with Crippen LogP contribution < -0.4 is 21.1 Å². The second kappa shape index (κ2) is 12.6. The summed E-state index contributed by atoms with van der Waals surface area (Å²) in [5.74, 6) is -0.492. The number of nitro benzene ring substituents is 1. The van der Waals surface area contributed by atoms with Crippen molar-refractivity contribution in [2.75, 3.05) is 17.7 Å². The molecular formula is C23H21Cl2N7O7S. The van der Waals surface area contributed by atoms with Crippen molar-refractivity contribution in [2.45, 2.75) is 12.3 Å². The van der Waals surface area contributed by atoms with E-state index < -0.39 is 19.7 Å². The van der Waals surface area contributed by atoms with Gasteiger partial charge >= 0.3 is 0 Å². The maximum atomic E-state index is 12.4. The molecule has 0 spiro atoms. The molecule has 0 aliphatic carbocycles. The summed E-state index contributed by atoms with van der Waals surface area (Å²) in [4.78, 5) is 44.6. The van der Waals surface area contributed by atoms with Gasteiger partial charge in [0, 0.05) is 35.1 Å². The Balaban J connectivity index is 0.000000253. The Kier molecular flexibility index (Phi) is 9.47. The Morgan fingerprint density at radius 1 is 1.23 bits per heavy atom. The number of halogens is 2. The van der Waals surface area contributed by atoms with Gasteiger partial charge in [-0.1, -0.05) is 24.3 Å². The molecule has 1 aliphatic rings. The van der Waals surface area contributed by atoms with Crippen LogP contribution in [0.2, 0.25) is 0 Å². The third kappa shape index (κ3) is 7.34. The molecule has 0 saturated carbocycles. The summed E-state index contributed by atoms with van der Waals surface area (Å²) in [6.45, 7) is 0.274. The number of hydrogen-bond donors (Lipinski definition) is 4. The number of H-pyrrole nitrogens is 1. The number of fused-ring (bicyclic) bond motifs is 2. The van der Waals surface area contributed by atoms with Gasteiger partial charge in [0.05, 0.1) is 27.6 Å². The number of nitrogens with two attached hydrogens (primary N) is 1. The number of aromatic amines is 1. The first-order valence-corrected chi connectivity index (χ1v) is 13.6.